The van der Waals surface area contributed by atoms with E-state index in [2.05, 4.69) is 5.32 Å². The molecule has 0 bridgehead atoms. The molecule has 2 aromatic carbocycles. The van der Waals surface area contributed by atoms with Crippen LogP contribution in [0, 0.1) is 0 Å². The van der Waals surface area contributed by atoms with Crippen molar-refractivity contribution in [1.82, 2.24) is 0 Å². The molecular weight excluding hydrogens is 384 g/mol. The number of anilines is 1. The Morgan fingerprint density at radius 2 is 1.69 bits per heavy atom. The summed E-state index contributed by atoms with van der Waals surface area (Å²) in [4.78, 5) is 12.0. The second kappa shape index (κ2) is 8.14. The number of carbonyl (C=O) groups excluding carboxylic acids is 1. The molecule has 140 valence electrons. The molecular formula is C18H18ClF2NO3S. The van der Waals surface area contributed by atoms with E-state index in [1.807, 2.05) is 19.9 Å². The normalized spacial score (nSPS) is 11.6. The lowest BCUT2D eigenvalue weighted by molar-refractivity contribution is 0.102. The number of alkyl halides is 2. The summed E-state index contributed by atoms with van der Waals surface area (Å²) in [7, 11) is -4.69. The molecule has 26 heavy (non-hydrogen) atoms. The number of carbonyl (C=O) groups is 1. The molecule has 0 spiro atoms. The van der Waals surface area contributed by atoms with Gasteiger partial charge in [0.25, 0.3) is 5.91 Å². The van der Waals surface area contributed by atoms with Crippen LogP contribution in [-0.4, -0.2) is 20.1 Å². The van der Waals surface area contributed by atoms with E-state index in [1.54, 1.807) is 6.07 Å². The second-order valence-corrected chi connectivity index (χ2v) is 7.88. The Labute approximate surface area is 156 Å². The zero-order chi connectivity index (χ0) is 19.5. The van der Waals surface area contributed by atoms with Crippen molar-refractivity contribution in [2.24, 2.45) is 0 Å². The molecule has 0 aliphatic rings. The fraction of sp³-hybridized carbons (Fsp3) is 0.278. The molecule has 0 aromatic heterocycles. The molecule has 0 aliphatic carbocycles. The van der Waals surface area contributed by atoms with Gasteiger partial charge in [-0.3, -0.25) is 4.79 Å². The SMILES string of the molecule is CCc1ccc(Cl)c(CC)c1NC(=O)c1ccc(S(=O)(=O)C(F)F)cc1. The van der Waals surface area contributed by atoms with Gasteiger partial charge in [0.1, 0.15) is 0 Å². The first-order chi connectivity index (χ1) is 12.2. The third-order valence-electron chi connectivity index (χ3n) is 3.99. The van der Waals surface area contributed by atoms with Gasteiger partial charge < -0.3 is 5.32 Å². The molecule has 0 saturated carbocycles. The Hall–Kier alpha value is -1.99. The largest absolute Gasteiger partial charge is 0.341 e. The number of benzene rings is 2. The molecule has 0 heterocycles. The highest BCUT2D eigenvalue weighted by atomic mass is 35.5. The smallest absolute Gasteiger partial charge is 0.321 e. The van der Waals surface area contributed by atoms with E-state index < -0.39 is 26.4 Å². The third-order valence-corrected chi connectivity index (χ3v) is 5.75. The van der Waals surface area contributed by atoms with Gasteiger partial charge in [0.15, 0.2) is 0 Å². The lowest BCUT2D eigenvalue weighted by Gasteiger charge is -2.16. The van der Waals surface area contributed by atoms with Gasteiger partial charge in [-0.25, -0.2) is 8.42 Å². The van der Waals surface area contributed by atoms with Crippen LogP contribution in [0.5, 0.6) is 0 Å². The summed E-state index contributed by atoms with van der Waals surface area (Å²) < 4.78 is 48.0. The van der Waals surface area contributed by atoms with Gasteiger partial charge in [0.2, 0.25) is 9.84 Å². The Bertz CT molecular complexity index is 913. The van der Waals surface area contributed by atoms with Crippen molar-refractivity contribution >= 4 is 33.0 Å². The van der Waals surface area contributed by atoms with Gasteiger partial charge in [-0.2, -0.15) is 8.78 Å². The molecule has 0 atom stereocenters. The standard InChI is InChI=1S/C18H18ClF2NO3S/c1-3-11-7-10-15(19)14(4-2)16(11)22-17(23)12-5-8-13(9-6-12)26(24,25)18(20)21/h5-10,18H,3-4H2,1-2H3,(H,22,23). The van der Waals surface area contributed by atoms with Crippen LogP contribution in [0.2, 0.25) is 5.02 Å². The third kappa shape index (κ3) is 4.04. The topological polar surface area (TPSA) is 63.2 Å². The Morgan fingerprint density at radius 1 is 1.08 bits per heavy atom. The lowest BCUT2D eigenvalue weighted by Crippen LogP contribution is -2.16. The van der Waals surface area contributed by atoms with Crippen LogP contribution in [0.25, 0.3) is 0 Å². The van der Waals surface area contributed by atoms with Crippen LogP contribution in [0.4, 0.5) is 14.5 Å². The van der Waals surface area contributed by atoms with Crippen LogP contribution in [0.1, 0.15) is 35.3 Å². The molecule has 0 fully saturated rings. The van der Waals surface area contributed by atoms with Crippen molar-refractivity contribution in [3.05, 3.63) is 58.1 Å². The van der Waals surface area contributed by atoms with Gasteiger partial charge in [-0.05, 0) is 54.3 Å². The molecule has 2 aromatic rings. The first-order valence-corrected chi connectivity index (χ1v) is 9.88. The highest BCUT2D eigenvalue weighted by Gasteiger charge is 2.26. The average molecular weight is 402 g/mol. The maximum absolute atomic E-state index is 12.6. The first kappa shape index (κ1) is 20.3. The van der Waals surface area contributed by atoms with Gasteiger partial charge in [-0.15, -0.1) is 0 Å². The van der Waals surface area contributed by atoms with E-state index in [0.29, 0.717) is 23.6 Å². The average Bonchev–Trinajstić information content (AvgIpc) is 2.62. The maximum Gasteiger partial charge on any atom is 0.341 e. The van der Waals surface area contributed by atoms with Crippen LogP contribution in [0.15, 0.2) is 41.3 Å². The molecule has 0 unspecified atom stereocenters. The highest BCUT2D eigenvalue weighted by molar-refractivity contribution is 7.91. The number of sulfone groups is 1. The highest BCUT2D eigenvalue weighted by Crippen LogP contribution is 2.30. The fourth-order valence-corrected chi connectivity index (χ4v) is 3.56. The van der Waals surface area contributed by atoms with Crippen molar-refractivity contribution in [2.45, 2.75) is 37.3 Å². The summed E-state index contributed by atoms with van der Waals surface area (Å²) in [6.45, 7) is 3.86. The molecule has 2 rings (SSSR count). The van der Waals surface area contributed by atoms with Crippen molar-refractivity contribution in [1.29, 1.82) is 0 Å². The number of amides is 1. The molecule has 0 radical (unpaired) electrons. The Kier molecular flexibility index (Phi) is 6.36. The predicted molar refractivity (Wildman–Crippen MR) is 97.8 cm³/mol. The summed E-state index contributed by atoms with van der Waals surface area (Å²) in [5, 5.41) is 3.34. The zero-order valence-electron chi connectivity index (χ0n) is 14.2. The number of hydrogen-bond donors (Lipinski definition) is 1. The van der Waals surface area contributed by atoms with Gasteiger partial charge >= 0.3 is 5.76 Å². The Balaban J connectivity index is 2.33. The molecule has 1 N–H and O–H groups in total. The number of aryl methyl sites for hydroxylation is 1. The molecule has 4 nitrogen and oxygen atoms in total. The van der Waals surface area contributed by atoms with Crippen molar-refractivity contribution in [3.8, 4) is 0 Å². The van der Waals surface area contributed by atoms with E-state index in [9.17, 15) is 22.0 Å². The number of halogens is 3. The summed E-state index contributed by atoms with van der Waals surface area (Å²) in [6, 6.07) is 8.00. The van der Waals surface area contributed by atoms with Gasteiger partial charge in [-0.1, -0.05) is 31.5 Å². The zero-order valence-corrected chi connectivity index (χ0v) is 15.8. The summed E-state index contributed by atoms with van der Waals surface area (Å²) >= 11 is 6.20. The number of rotatable bonds is 6. The minimum atomic E-state index is -4.69. The second-order valence-electron chi connectivity index (χ2n) is 5.55. The van der Waals surface area contributed by atoms with E-state index in [-0.39, 0.29) is 5.56 Å². The summed E-state index contributed by atoms with van der Waals surface area (Å²) in [5.74, 6) is -3.98. The minimum absolute atomic E-state index is 0.155. The van der Waals surface area contributed by atoms with Crippen molar-refractivity contribution in [3.63, 3.8) is 0 Å². The van der Waals surface area contributed by atoms with Crippen LogP contribution < -0.4 is 5.32 Å². The first-order valence-electron chi connectivity index (χ1n) is 7.96. The predicted octanol–water partition coefficient (Wildman–Crippen LogP) is 4.71. The maximum atomic E-state index is 12.6. The molecule has 0 aliphatic heterocycles. The number of nitrogens with one attached hydrogen (secondary N) is 1. The minimum Gasteiger partial charge on any atom is -0.321 e. The Morgan fingerprint density at radius 3 is 2.19 bits per heavy atom. The lowest BCUT2D eigenvalue weighted by atomic mass is 10.0. The van der Waals surface area contributed by atoms with E-state index in [4.69, 9.17) is 11.6 Å². The van der Waals surface area contributed by atoms with Crippen LogP contribution >= 0.6 is 11.6 Å². The quantitative estimate of drug-likeness (QED) is 0.762. The monoisotopic (exact) mass is 401 g/mol. The van der Waals surface area contributed by atoms with Gasteiger partial charge in [0.05, 0.1) is 4.90 Å². The molecule has 8 heteroatoms. The fourth-order valence-electron chi connectivity index (χ4n) is 2.55. The summed E-state index contributed by atoms with van der Waals surface area (Å²) in [5.41, 5.74) is 2.49. The molecule has 0 saturated heterocycles. The van der Waals surface area contributed by atoms with E-state index in [0.717, 1.165) is 23.3 Å². The van der Waals surface area contributed by atoms with E-state index >= 15 is 0 Å². The molecule has 1 amide bonds. The van der Waals surface area contributed by atoms with Crippen molar-refractivity contribution in [2.75, 3.05) is 5.32 Å². The van der Waals surface area contributed by atoms with Crippen LogP contribution in [0.3, 0.4) is 0 Å². The number of hydrogen-bond acceptors (Lipinski definition) is 3. The van der Waals surface area contributed by atoms with Crippen LogP contribution in [-0.2, 0) is 22.7 Å². The van der Waals surface area contributed by atoms with Gasteiger partial charge in [0, 0.05) is 16.3 Å². The summed E-state index contributed by atoms with van der Waals surface area (Å²) in [6.07, 6.45) is 1.30. The van der Waals surface area contributed by atoms with Crippen molar-refractivity contribution < 1.29 is 22.0 Å². The van der Waals surface area contributed by atoms with E-state index in [1.165, 1.54) is 12.1 Å².